The number of hydrogen-bond donors (Lipinski definition) is 1. The van der Waals surface area contributed by atoms with Gasteiger partial charge in [0.1, 0.15) is 12.1 Å². The predicted molar refractivity (Wildman–Crippen MR) is 81.0 cm³/mol. The molecule has 2 aromatic rings. The molecule has 0 saturated heterocycles. The Hall–Kier alpha value is -1.36. The second-order valence-corrected chi connectivity index (χ2v) is 6.22. The molecule has 2 heterocycles. The third-order valence-electron chi connectivity index (χ3n) is 4.40. The number of halogens is 1. The second kappa shape index (κ2) is 5.20. The summed E-state index contributed by atoms with van der Waals surface area (Å²) < 4.78 is 1.76. The van der Waals surface area contributed by atoms with E-state index in [1.165, 1.54) is 12.8 Å². The Morgan fingerprint density at radius 2 is 2.15 bits per heavy atom. The van der Waals surface area contributed by atoms with Crippen molar-refractivity contribution in [2.45, 2.75) is 38.1 Å². The topological polar surface area (TPSA) is 55.6 Å². The number of hydrogen-bond acceptors (Lipinski definition) is 4. The molecule has 1 fully saturated rings. The third-order valence-corrected chi connectivity index (χ3v) is 4.91. The predicted octanol–water partition coefficient (Wildman–Crippen LogP) is 2.96. The van der Waals surface area contributed by atoms with E-state index in [1.54, 1.807) is 11.0 Å². The third kappa shape index (κ3) is 2.35. The number of nitrogens with one attached hydrogen (secondary N) is 1. The quantitative estimate of drug-likeness (QED) is 0.884. The van der Waals surface area contributed by atoms with Crippen molar-refractivity contribution in [3.8, 4) is 0 Å². The Balaban J connectivity index is 1.91. The lowest BCUT2D eigenvalue weighted by atomic mass is 9.78. The van der Waals surface area contributed by atoms with Crippen LogP contribution in [0.3, 0.4) is 0 Å². The van der Waals surface area contributed by atoms with Crippen molar-refractivity contribution in [1.29, 1.82) is 0 Å². The van der Waals surface area contributed by atoms with Crippen molar-refractivity contribution in [3.05, 3.63) is 12.5 Å². The zero-order valence-electron chi connectivity index (χ0n) is 11.9. The smallest absolute Gasteiger partial charge is 0.163 e. The molecular weight excluding hydrogens is 274 g/mol. The van der Waals surface area contributed by atoms with E-state index in [0.717, 1.165) is 35.6 Å². The molecule has 1 N–H and O–H groups in total. The van der Waals surface area contributed by atoms with E-state index in [-0.39, 0.29) is 5.54 Å². The summed E-state index contributed by atoms with van der Waals surface area (Å²) in [7, 11) is 1.89. The van der Waals surface area contributed by atoms with Gasteiger partial charge in [0.05, 0.1) is 17.1 Å². The van der Waals surface area contributed by atoms with Crippen LogP contribution in [-0.4, -0.2) is 31.2 Å². The molecule has 1 aliphatic carbocycles. The van der Waals surface area contributed by atoms with Gasteiger partial charge in [-0.2, -0.15) is 5.10 Å². The number of rotatable bonds is 3. The van der Waals surface area contributed by atoms with Crippen LogP contribution >= 0.6 is 11.6 Å². The zero-order valence-corrected chi connectivity index (χ0v) is 12.7. The van der Waals surface area contributed by atoms with E-state index in [0.29, 0.717) is 5.88 Å². The molecule has 6 heteroatoms. The van der Waals surface area contributed by atoms with Gasteiger partial charge in [-0.1, -0.05) is 6.92 Å². The fraction of sp³-hybridized carbons (Fsp3) is 0.643. The summed E-state index contributed by atoms with van der Waals surface area (Å²) in [6.07, 6.45) is 7.99. The van der Waals surface area contributed by atoms with Crippen LogP contribution in [0.25, 0.3) is 11.0 Å². The van der Waals surface area contributed by atoms with Crippen LogP contribution in [0.2, 0.25) is 0 Å². The Morgan fingerprint density at radius 3 is 2.85 bits per heavy atom. The molecule has 0 amide bonds. The maximum absolute atomic E-state index is 6.26. The minimum absolute atomic E-state index is 0.0504. The first kappa shape index (κ1) is 13.6. The molecule has 0 unspecified atom stereocenters. The number of aryl methyl sites for hydroxylation is 1. The molecule has 20 heavy (non-hydrogen) atoms. The summed E-state index contributed by atoms with van der Waals surface area (Å²) in [5.41, 5.74) is 0.793. The first-order chi connectivity index (χ1) is 9.63. The monoisotopic (exact) mass is 293 g/mol. The fourth-order valence-electron chi connectivity index (χ4n) is 2.92. The van der Waals surface area contributed by atoms with Gasteiger partial charge < -0.3 is 5.32 Å². The average Bonchev–Trinajstić information content (AvgIpc) is 2.85. The molecule has 0 radical (unpaired) electrons. The molecule has 0 spiro atoms. The lowest BCUT2D eigenvalue weighted by Gasteiger charge is -2.39. The van der Waals surface area contributed by atoms with Gasteiger partial charge in [0.15, 0.2) is 5.65 Å². The number of fused-ring (bicyclic) bond motifs is 1. The molecule has 1 saturated carbocycles. The van der Waals surface area contributed by atoms with Crippen molar-refractivity contribution >= 4 is 28.5 Å². The summed E-state index contributed by atoms with van der Waals surface area (Å²) >= 11 is 6.26. The first-order valence-corrected chi connectivity index (χ1v) is 7.64. The van der Waals surface area contributed by atoms with Crippen molar-refractivity contribution in [2.24, 2.45) is 13.0 Å². The standard InChI is InChI=1S/C14H20ClN5/c1-10-3-5-14(8-15,6-4-10)19-12-11-7-18-20(2)13(11)17-9-16-12/h7,9-10H,3-6,8H2,1-2H3,(H,16,17,19). The Bertz CT molecular complexity index is 601. The molecular formula is C14H20ClN5. The van der Waals surface area contributed by atoms with Crippen molar-refractivity contribution < 1.29 is 0 Å². The Kier molecular flexibility index (Phi) is 3.54. The number of nitrogens with zero attached hydrogens (tertiary/aromatic N) is 4. The average molecular weight is 294 g/mol. The lowest BCUT2D eigenvalue weighted by Crippen LogP contribution is -2.43. The van der Waals surface area contributed by atoms with Gasteiger partial charge >= 0.3 is 0 Å². The number of alkyl halides is 1. The van der Waals surface area contributed by atoms with Crippen LogP contribution in [0.1, 0.15) is 32.6 Å². The van der Waals surface area contributed by atoms with Gasteiger partial charge in [-0.15, -0.1) is 11.6 Å². The highest BCUT2D eigenvalue weighted by Gasteiger charge is 2.34. The summed E-state index contributed by atoms with van der Waals surface area (Å²) in [6, 6.07) is 0. The van der Waals surface area contributed by atoms with E-state index >= 15 is 0 Å². The molecule has 1 aliphatic rings. The van der Waals surface area contributed by atoms with Gasteiger partial charge in [-0.25, -0.2) is 9.97 Å². The van der Waals surface area contributed by atoms with E-state index < -0.39 is 0 Å². The van der Waals surface area contributed by atoms with E-state index in [2.05, 4.69) is 27.3 Å². The summed E-state index contributed by atoms with van der Waals surface area (Å²) in [5.74, 6) is 2.24. The van der Waals surface area contributed by atoms with Gasteiger partial charge in [0, 0.05) is 12.9 Å². The molecule has 108 valence electrons. The van der Waals surface area contributed by atoms with Crippen LogP contribution in [0, 0.1) is 5.92 Å². The maximum Gasteiger partial charge on any atom is 0.163 e. The Labute approximate surface area is 123 Å². The van der Waals surface area contributed by atoms with Gasteiger partial charge in [0.2, 0.25) is 0 Å². The summed E-state index contributed by atoms with van der Waals surface area (Å²) in [5, 5.41) is 8.79. The lowest BCUT2D eigenvalue weighted by molar-refractivity contribution is 0.286. The van der Waals surface area contributed by atoms with Crippen LogP contribution in [0.15, 0.2) is 12.5 Å². The highest BCUT2D eigenvalue weighted by molar-refractivity contribution is 6.18. The molecule has 0 bridgehead atoms. The molecule has 5 nitrogen and oxygen atoms in total. The zero-order chi connectivity index (χ0) is 14.2. The van der Waals surface area contributed by atoms with E-state index in [4.69, 9.17) is 11.6 Å². The summed E-state index contributed by atoms with van der Waals surface area (Å²) in [6.45, 7) is 2.31. The number of anilines is 1. The molecule has 0 aliphatic heterocycles. The van der Waals surface area contributed by atoms with Crippen LogP contribution < -0.4 is 5.32 Å². The first-order valence-electron chi connectivity index (χ1n) is 7.10. The minimum Gasteiger partial charge on any atom is -0.363 e. The molecule has 0 atom stereocenters. The maximum atomic E-state index is 6.26. The van der Waals surface area contributed by atoms with Crippen molar-refractivity contribution in [2.75, 3.05) is 11.2 Å². The number of aromatic nitrogens is 4. The highest BCUT2D eigenvalue weighted by atomic mass is 35.5. The van der Waals surface area contributed by atoms with Crippen LogP contribution in [-0.2, 0) is 7.05 Å². The van der Waals surface area contributed by atoms with Gasteiger partial charge in [-0.05, 0) is 31.6 Å². The van der Waals surface area contributed by atoms with Gasteiger partial charge in [0.25, 0.3) is 0 Å². The van der Waals surface area contributed by atoms with Crippen molar-refractivity contribution in [1.82, 2.24) is 19.7 Å². The Morgan fingerprint density at radius 1 is 1.40 bits per heavy atom. The second-order valence-electron chi connectivity index (χ2n) is 5.95. The van der Waals surface area contributed by atoms with Crippen LogP contribution in [0.4, 0.5) is 5.82 Å². The highest BCUT2D eigenvalue weighted by Crippen LogP contribution is 2.36. The van der Waals surface area contributed by atoms with E-state index in [9.17, 15) is 0 Å². The summed E-state index contributed by atoms with van der Waals surface area (Å²) in [4.78, 5) is 8.66. The molecule has 2 aromatic heterocycles. The van der Waals surface area contributed by atoms with E-state index in [1.807, 2.05) is 13.2 Å². The van der Waals surface area contributed by atoms with Gasteiger partial charge in [-0.3, -0.25) is 4.68 Å². The normalized spacial score (nSPS) is 26.9. The van der Waals surface area contributed by atoms with Crippen LogP contribution in [0.5, 0.6) is 0 Å². The fourth-order valence-corrected chi connectivity index (χ4v) is 3.25. The minimum atomic E-state index is -0.0504. The van der Waals surface area contributed by atoms with Crippen molar-refractivity contribution in [3.63, 3.8) is 0 Å². The largest absolute Gasteiger partial charge is 0.363 e. The molecule has 0 aromatic carbocycles. The molecule has 3 rings (SSSR count). The SMILES string of the molecule is CC1CCC(CCl)(Nc2ncnc3c2cnn3C)CC1.